The van der Waals surface area contributed by atoms with Crippen LogP contribution in [0.25, 0.3) is 0 Å². The Morgan fingerprint density at radius 2 is 1.89 bits per heavy atom. The molecule has 1 heterocycles. The van der Waals surface area contributed by atoms with Gasteiger partial charge in [-0.15, -0.1) is 0 Å². The van der Waals surface area contributed by atoms with Crippen LogP contribution in [0.1, 0.15) is 40.0 Å². The molecule has 0 spiro atoms. The zero-order chi connectivity index (χ0) is 14.6. The van der Waals surface area contributed by atoms with E-state index in [1.165, 1.54) is 0 Å². The zero-order valence-corrected chi connectivity index (χ0v) is 11.9. The van der Waals surface area contributed by atoms with Gasteiger partial charge in [0.25, 0.3) is 0 Å². The number of esters is 1. The third kappa shape index (κ3) is 5.57. The van der Waals surface area contributed by atoms with Crippen molar-refractivity contribution in [1.82, 2.24) is 4.90 Å². The standard InChI is InChI=1S/C13H24N2O4/c1-13(2,3)19-11(17)8-10(14)12(18)15-6-4-9(16)5-7-15/h9-10,16H,4-8,14H2,1-3H3/t10-/m0/s1. The van der Waals surface area contributed by atoms with Gasteiger partial charge in [-0.3, -0.25) is 9.59 Å². The predicted octanol–water partition coefficient (Wildman–Crippen LogP) is 0.0288. The number of rotatable bonds is 3. The summed E-state index contributed by atoms with van der Waals surface area (Å²) < 4.78 is 5.13. The molecule has 0 radical (unpaired) electrons. The number of aliphatic hydroxyl groups is 1. The molecule has 1 saturated heterocycles. The Labute approximate surface area is 113 Å². The van der Waals surface area contributed by atoms with Crippen molar-refractivity contribution in [3.8, 4) is 0 Å². The summed E-state index contributed by atoms with van der Waals surface area (Å²) in [4.78, 5) is 25.2. The maximum absolute atomic E-state index is 12.0. The summed E-state index contributed by atoms with van der Waals surface area (Å²) in [7, 11) is 0. The number of ether oxygens (including phenoxy) is 1. The van der Waals surface area contributed by atoms with Crippen LogP contribution in [0.5, 0.6) is 0 Å². The first-order valence-electron chi connectivity index (χ1n) is 6.63. The molecule has 6 heteroatoms. The van der Waals surface area contributed by atoms with E-state index in [9.17, 15) is 14.7 Å². The SMILES string of the molecule is CC(C)(C)OC(=O)C[C@H](N)C(=O)N1CCC(O)CC1. The second-order valence-electron chi connectivity index (χ2n) is 5.95. The van der Waals surface area contributed by atoms with Crippen LogP contribution >= 0.6 is 0 Å². The Bertz CT molecular complexity index is 330. The minimum Gasteiger partial charge on any atom is -0.460 e. The third-order valence-electron chi connectivity index (χ3n) is 2.90. The van der Waals surface area contributed by atoms with Crippen LogP contribution in [0.4, 0.5) is 0 Å². The number of piperidine rings is 1. The average molecular weight is 272 g/mol. The first-order valence-corrected chi connectivity index (χ1v) is 6.63. The number of amides is 1. The molecule has 110 valence electrons. The third-order valence-corrected chi connectivity index (χ3v) is 2.90. The lowest BCUT2D eigenvalue weighted by atomic mass is 10.1. The topological polar surface area (TPSA) is 92.9 Å². The van der Waals surface area contributed by atoms with Gasteiger partial charge in [-0.2, -0.15) is 0 Å². The highest BCUT2D eigenvalue weighted by Crippen LogP contribution is 2.13. The lowest BCUT2D eigenvalue weighted by molar-refractivity contribution is -0.157. The quantitative estimate of drug-likeness (QED) is 0.707. The van der Waals surface area contributed by atoms with Crippen LogP contribution in [0, 0.1) is 0 Å². The minimum atomic E-state index is -0.870. The van der Waals surface area contributed by atoms with Crippen molar-refractivity contribution < 1.29 is 19.4 Å². The Hall–Kier alpha value is -1.14. The van der Waals surface area contributed by atoms with E-state index in [4.69, 9.17) is 10.5 Å². The van der Waals surface area contributed by atoms with Gasteiger partial charge in [-0.1, -0.05) is 0 Å². The molecule has 0 aromatic heterocycles. The smallest absolute Gasteiger partial charge is 0.308 e. The Balaban J connectivity index is 2.42. The fourth-order valence-corrected chi connectivity index (χ4v) is 1.97. The number of carbonyl (C=O) groups excluding carboxylic acids is 2. The summed E-state index contributed by atoms with van der Waals surface area (Å²) in [6, 6.07) is -0.870. The molecule has 0 unspecified atom stereocenters. The molecule has 1 atom stereocenters. The van der Waals surface area contributed by atoms with Crippen LogP contribution in [0.15, 0.2) is 0 Å². The Morgan fingerprint density at radius 3 is 2.37 bits per heavy atom. The summed E-state index contributed by atoms with van der Waals surface area (Å²) in [5.41, 5.74) is 5.17. The lowest BCUT2D eigenvalue weighted by Gasteiger charge is -2.31. The zero-order valence-electron chi connectivity index (χ0n) is 11.9. The van der Waals surface area contributed by atoms with E-state index in [0.29, 0.717) is 25.9 Å². The molecule has 6 nitrogen and oxygen atoms in total. The Kier molecular flexibility index (Phi) is 5.31. The van der Waals surface area contributed by atoms with Gasteiger partial charge in [0, 0.05) is 13.1 Å². The van der Waals surface area contributed by atoms with Crippen LogP contribution in [0.3, 0.4) is 0 Å². The van der Waals surface area contributed by atoms with Crippen LogP contribution in [-0.4, -0.2) is 52.7 Å². The van der Waals surface area contributed by atoms with Crippen LogP contribution in [0.2, 0.25) is 0 Å². The van der Waals surface area contributed by atoms with Gasteiger partial charge in [-0.05, 0) is 33.6 Å². The maximum atomic E-state index is 12.0. The highest BCUT2D eigenvalue weighted by atomic mass is 16.6. The monoisotopic (exact) mass is 272 g/mol. The van der Waals surface area contributed by atoms with E-state index in [2.05, 4.69) is 0 Å². The summed E-state index contributed by atoms with van der Waals surface area (Å²) in [6.07, 6.45) is 0.663. The molecule has 0 aromatic rings. The van der Waals surface area contributed by atoms with Gasteiger partial charge < -0.3 is 20.5 Å². The van der Waals surface area contributed by atoms with E-state index < -0.39 is 17.6 Å². The second kappa shape index (κ2) is 6.34. The van der Waals surface area contributed by atoms with E-state index in [1.54, 1.807) is 25.7 Å². The van der Waals surface area contributed by atoms with Crippen molar-refractivity contribution in [2.24, 2.45) is 5.73 Å². The summed E-state index contributed by atoms with van der Waals surface area (Å²) >= 11 is 0. The summed E-state index contributed by atoms with van der Waals surface area (Å²) in [6.45, 7) is 6.28. The molecule has 1 fully saturated rings. The largest absolute Gasteiger partial charge is 0.460 e. The Morgan fingerprint density at radius 1 is 1.37 bits per heavy atom. The van der Waals surface area contributed by atoms with Crippen molar-refractivity contribution in [1.29, 1.82) is 0 Å². The number of hydrogen-bond acceptors (Lipinski definition) is 5. The number of aliphatic hydroxyl groups excluding tert-OH is 1. The first-order chi connectivity index (χ1) is 8.69. The molecular weight excluding hydrogens is 248 g/mol. The van der Waals surface area contributed by atoms with Crippen molar-refractivity contribution in [3.63, 3.8) is 0 Å². The van der Waals surface area contributed by atoms with Crippen LogP contribution in [-0.2, 0) is 14.3 Å². The molecule has 1 aliphatic rings. The maximum Gasteiger partial charge on any atom is 0.308 e. The van der Waals surface area contributed by atoms with Crippen LogP contribution < -0.4 is 5.73 Å². The van der Waals surface area contributed by atoms with Crippen molar-refractivity contribution in [2.75, 3.05) is 13.1 Å². The first kappa shape index (κ1) is 15.9. The highest BCUT2D eigenvalue weighted by Gasteiger charge is 2.28. The van der Waals surface area contributed by atoms with E-state index in [1.807, 2.05) is 0 Å². The molecule has 0 saturated carbocycles. The molecule has 0 aliphatic carbocycles. The van der Waals surface area contributed by atoms with E-state index in [0.717, 1.165) is 0 Å². The van der Waals surface area contributed by atoms with E-state index in [-0.39, 0.29) is 18.4 Å². The van der Waals surface area contributed by atoms with Gasteiger partial charge >= 0.3 is 5.97 Å². The molecule has 19 heavy (non-hydrogen) atoms. The summed E-state index contributed by atoms with van der Waals surface area (Å²) in [5.74, 6) is -0.719. The molecule has 0 bridgehead atoms. The number of likely N-dealkylation sites (tertiary alicyclic amines) is 1. The predicted molar refractivity (Wildman–Crippen MR) is 70.3 cm³/mol. The van der Waals surface area contributed by atoms with Crippen molar-refractivity contribution >= 4 is 11.9 Å². The number of nitrogens with two attached hydrogens (primary N) is 1. The molecule has 0 aromatic carbocycles. The highest BCUT2D eigenvalue weighted by molar-refractivity contribution is 5.86. The fraction of sp³-hybridized carbons (Fsp3) is 0.846. The van der Waals surface area contributed by atoms with Gasteiger partial charge in [0.15, 0.2) is 0 Å². The second-order valence-corrected chi connectivity index (χ2v) is 5.95. The lowest BCUT2D eigenvalue weighted by Crippen LogP contribution is -2.49. The summed E-state index contributed by atoms with van der Waals surface area (Å²) in [5, 5.41) is 9.38. The molecule has 1 rings (SSSR count). The average Bonchev–Trinajstić information content (AvgIpc) is 2.26. The van der Waals surface area contributed by atoms with Gasteiger partial charge in [-0.25, -0.2) is 0 Å². The molecule has 1 amide bonds. The molecule has 1 aliphatic heterocycles. The van der Waals surface area contributed by atoms with Gasteiger partial charge in [0.1, 0.15) is 5.60 Å². The minimum absolute atomic E-state index is 0.116. The molecular formula is C13H24N2O4. The van der Waals surface area contributed by atoms with Crippen molar-refractivity contribution in [2.45, 2.75) is 57.8 Å². The van der Waals surface area contributed by atoms with Gasteiger partial charge in [0.2, 0.25) is 5.91 Å². The number of nitrogens with zero attached hydrogens (tertiary/aromatic N) is 1. The van der Waals surface area contributed by atoms with Crippen molar-refractivity contribution in [3.05, 3.63) is 0 Å². The number of carbonyl (C=O) groups is 2. The number of hydrogen-bond donors (Lipinski definition) is 2. The van der Waals surface area contributed by atoms with Gasteiger partial charge in [0.05, 0.1) is 18.6 Å². The molecule has 3 N–H and O–H groups in total. The van der Waals surface area contributed by atoms with E-state index >= 15 is 0 Å². The fourth-order valence-electron chi connectivity index (χ4n) is 1.97. The normalized spacial score (nSPS) is 19.1.